The van der Waals surface area contributed by atoms with E-state index in [1.165, 1.54) is 5.69 Å². The van der Waals surface area contributed by atoms with Crippen molar-refractivity contribution in [2.45, 2.75) is 18.3 Å². The van der Waals surface area contributed by atoms with E-state index >= 15 is 0 Å². The smallest absolute Gasteiger partial charge is 0.317 e. The van der Waals surface area contributed by atoms with Crippen molar-refractivity contribution in [3.8, 4) is 0 Å². The summed E-state index contributed by atoms with van der Waals surface area (Å²) in [6.45, 7) is 6.64. The number of nitrogens with two attached hydrogens (primary N) is 1. The number of piperazine rings is 1. The van der Waals surface area contributed by atoms with Crippen LogP contribution in [0.15, 0.2) is 91.0 Å². The van der Waals surface area contributed by atoms with Gasteiger partial charge in [-0.25, -0.2) is 4.79 Å². The Morgan fingerprint density at radius 1 is 0.744 bits per heavy atom. The van der Waals surface area contributed by atoms with E-state index in [-0.39, 0.29) is 17.9 Å². The van der Waals surface area contributed by atoms with Crippen LogP contribution in [-0.4, -0.2) is 74.1 Å². The predicted molar refractivity (Wildman–Crippen MR) is 156 cm³/mol. The second-order valence-electron chi connectivity index (χ2n) is 10.6. The molecule has 39 heavy (non-hydrogen) atoms. The number of urea groups is 1. The highest BCUT2D eigenvalue weighted by Gasteiger charge is 2.48. The highest BCUT2D eigenvalue weighted by Crippen LogP contribution is 2.44. The summed E-state index contributed by atoms with van der Waals surface area (Å²) >= 11 is 0. The average molecular weight is 526 g/mol. The largest absolute Gasteiger partial charge is 0.369 e. The number of hydrogen-bond donors (Lipinski definition) is 2. The number of primary amides is 1. The van der Waals surface area contributed by atoms with Crippen LogP contribution in [0.2, 0.25) is 0 Å². The van der Waals surface area contributed by atoms with Crippen LogP contribution in [0.4, 0.5) is 10.5 Å². The van der Waals surface area contributed by atoms with Crippen LogP contribution in [0.1, 0.15) is 24.0 Å². The molecule has 0 atom stereocenters. The quantitative estimate of drug-likeness (QED) is 0.470. The van der Waals surface area contributed by atoms with Gasteiger partial charge < -0.3 is 20.9 Å². The molecule has 3 amide bonds. The molecular weight excluding hydrogens is 486 g/mol. The number of hydrogen-bond acceptors (Lipinski definition) is 4. The third-order valence-corrected chi connectivity index (χ3v) is 8.44. The minimum Gasteiger partial charge on any atom is -0.369 e. The van der Waals surface area contributed by atoms with E-state index in [0.717, 1.165) is 43.9 Å². The fourth-order valence-corrected chi connectivity index (χ4v) is 6.34. The van der Waals surface area contributed by atoms with Crippen LogP contribution in [0.3, 0.4) is 0 Å². The van der Waals surface area contributed by atoms with E-state index in [1.807, 2.05) is 71.6 Å². The zero-order chi connectivity index (χ0) is 27.1. The lowest BCUT2D eigenvalue weighted by atomic mass is 9.62. The van der Waals surface area contributed by atoms with E-state index in [1.54, 1.807) is 0 Å². The standard InChI is InChI=1S/C32H39N5O2/c33-30(38)32(26-10-4-1-5-11-26,27-12-6-2-7-13-27)28-16-19-37(20-17-28)31(39)34-18-21-35-22-24-36(25-23-35)29-14-8-3-9-15-29/h1-15,28H,16-25H2,(H2,33,38)(H,34,39). The topological polar surface area (TPSA) is 81.9 Å². The maximum atomic E-state index is 13.3. The number of benzene rings is 3. The summed E-state index contributed by atoms with van der Waals surface area (Å²) in [5.41, 5.74) is 8.38. The number of anilines is 1. The van der Waals surface area contributed by atoms with Crippen LogP contribution in [0.5, 0.6) is 0 Å². The number of carbonyl (C=O) groups excluding carboxylic acids is 2. The summed E-state index contributed by atoms with van der Waals surface area (Å²) in [5.74, 6) is -0.333. The predicted octanol–water partition coefficient (Wildman–Crippen LogP) is 3.70. The van der Waals surface area contributed by atoms with Crippen LogP contribution in [-0.2, 0) is 10.2 Å². The van der Waals surface area contributed by atoms with Crippen molar-refractivity contribution < 1.29 is 9.59 Å². The van der Waals surface area contributed by atoms with Crippen molar-refractivity contribution in [3.05, 3.63) is 102 Å². The van der Waals surface area contributed by atoms with Gasteiger partial charge in [0.05, 0.1) is 0 Å². The molecule has 0 saturated carbocycles. The molecule has 0 unspecified atom stereocenters. The summed E-state index contributed by atoms with van der Waals surface area (Å²) in [6, 6.07) is 30.2. The van der Waals surface area contributed by atoms with Gasteiger partial charge in [-0.15, -0.1) is 0 Å². The van der Waals surface area contributed by atoms with E-state index in [2.05, 4.69) is 39.4 Å². The Labute approximate surface area is 231 Å². The number of piperidine rings is 1. The highest BCUT2D eigenvalue weighted by atomic mass is 16.2. The van der Waals surface area contributed by atoms with Crippen LogP contribution in [0, 0.1) is 5.92 Å². The number of amides is 3. The van der Waals surface area contributed by atoms with Gasteiger partial charge in [-0.2, -0.15) is 0 Å². The Hall–Kier alpha value is -3.84. The van der Waals surface area contributed by atoms with Crippen molar-refractivity contribution in [3.63, 3.8) is 0 Å². The molecule has 0 aliphatic carbocycles. The third kappa shape index (κ3) is 5.78. The second-order valence-corrected chi connectivity index (χ2v) is 10.6. The fraction of sp³-hybridized carbons (Fsp3) is 0.375. The summed E-state index contributed by atoms with van der Waals surface area (Å²) in [5, 5.41) is 3.12. The SMILES string of the molecule is NC(=O)C(c1ccccc1)(c1ccccc1)C1CCN(C(=O)NCCN2CCN(c3ccccc3)CC2)CC1. The minimum absolute atomic E-state index is 0.00441. The number of carbonyl (C=O) groups is 2. The number of likely N-dealkylation sites (tertiary alicyclic amines) is 1. The van der Waals surface area contributed by atoms with Crippen LogP contribution in [0.25, 0.3) is 0 Å². The van der Waals surface area contributed by atoms with Gasteiger partial charge in [0.2, 0.25) is 5.91 Å². The molecule has 3 aromatic carbocycles. The molecule has 0 bridgehead atoms. The molecule has 3 aromatic rings. The van der Waals surface area contributed by atoms with E-state index in [4.69, 9.17) is 5.73 Å². The van der Waals surface area contributed by atoms with Crippen molar-refractivity contribution in [2.24, 2.45) is 11.7 Å². The lowest BCUT2D eigenvalue weighted by Crippen LogP contribution is -2.54. The molecule has 2 aliphatic rings. The second kappa shape index (κ2) is 12.3. The van der Waals surface area contributed by atoms with Gasteiger partial charge in [0.15, 0.2) is 0 Å². The zero-order valence-corrected chi connectivity index (χ0v) is 22.5. The Morgan fingerprint density at radius 2 is 1.26 bits per heavy atom. The molecule has 2 fully saturated rings. The van der Waals surface area contributed by atoms with E-state index < -0.39 is 5.41 Å². The molecule has 7 heteroatoms. The highest BCUT2D eigenvalue weighted by molar-refractivity contribution is 5.91. The fourth-order valence-electron chi connectivity index (χ4n) is 6.34. The van der Waals surface area contributed by atoms with Gasteiger partial charge in [-0.3, -0.25) is 9.69 Å². The van der Waals surface area contributed by atoms with Gasteiger partial charge in [-0.05, 0) is 42.0 Å². The molecule has 7 nitrogen and oxygen atoms in total. The molecule has 3 N–H and O–H groups in total. The third-order valence-electron chi connectivity index (χ3n) is 8.44. The Balaban J connectivity index is 1.15. The normalized spacial score (nSPS) is 17.1. The number of nitrogens with zero attached hydrogens (tertiary/aromatic N) is 3. The number of nitrogens with one attached hydrogen (secondary N) is 1. The van der Waals surface area contributed by atoms with E-state index in [0.29, 0.717) is 32.5 Å². The number of para-hydroxylation sites is 1. The van der Waals surface area contributed by atoms with Gasteiger partial charge in [-0.1, -0.05) is 78.9 Å². The molecule has 2 heterocycles. The molecule has 0 spiro atoms. The lowest BCUT2D eigenvalue weighted by Gasteiger charge is -2.43. The molecule has 5 rings (SSSR count). The molecule has 204 valence electrons. The average Bonchev–Trinajstić information content (AvgIpc) is 2.99. The van der Waals surface area contributed by atoms with Crippen LogP contribution < -0.4 is 16.0 Å². The first-order valence-corrected chi connectivity index (χ1v) is 14.0. The zero-order valence-electron chi connectivity index (χ0n) is 22.5. The molecular formula is C32H39N5O2. The van der Waals surface area contributed by atoms with Crippen molar-refractivity contribution >= 4 is 17.6 Å². The summed E-state index contributed by atoms with van der Waals surface area (Å²) in [7, 11) is 0. The molecule has 0 radical (unpaired) electrons. The van der Waals surface area contributed by atoms with Gasteiger partial charge in [0.25, 0.3) is 0 Å². The first-order valence-electron chi connectivity index (χ1n) is 14.0. The number of rotatable bonds is 8. The molecule has 0 aromatic heterocycles. The van der Waals surface area contributed by atoms with Crippen molar-refractivity contribution in [1.29, 1.82) is 0 Å². The van der Waals surface area contributed by atoms with E-state index in [9.17, 15) is 9.59 Å². The van der Waals surface area contributed by atoms with Gasteiger partial charge >= 0.3 is 6.03 Å². The Morgan fingerprint density at radius 3 is 1.77 bits per heavy atom. The van der Waals surface area contributed by atoms with Gasteiger partial charge in [0.1, 0.15) is 5.41 Å². The first-order chi connectivity index (χ1) is 19.1. The monoisotopic (exact) mass is 525 g/mol. The summed E-state index contributed by atoms with van der Waals surface area (Å²) < 4.78 is 0. The minimum atomic E-state index is -0.924. The van der Waals surface area contributed by atoms with Crippen LogP contribution >= 0.6 is 0 Å². The van der Waals surface area contributed by atoms with Crippen molar-refractivity contribution in [2.75, 3.05) is 57.3 Å². The lowest BCUT2D eigenvalue weighted by molar-refractivity contribution is -0.124. The molecule has 2 aliphatic heterocycles. The maximum Gasteiger partial charge on any atom is 0.317 e. The van der Waals surface area contributed by atoms with Crippen molar-refractivity contribution in [1.82, 2.24) is 15.1 Å². The maximum absolute atomic E-state index is 13.3. The summed E-state index contributed by atoms with van der Waals surface area (Å²) in [4.78, 5) is 33.0. The summed E-state index contributed by atoms with van der Waals surface area (Å²) in [6.07, 6.45) is 1.42. The Bertz CT molecular complexity index is 1170. The molecule has 2 saturated heterocycles. The first kappa shape index (κ1) is 26.8. The van der Waals surface area contributed by atoms with Gasteiger partial charge in [0, 0.05) is 58.0 Å². The Kier molecular flexibility index (Phi) is 8.47.